The molecule has 1 aromatic carbocycles. The first kappa shape index (κ1) is 13.7. The van der Waals surface area contributed by atoms with Gasteiger partial charge < -0.3 is 10.1 Å². The lowest BCUT2D eigenvalue weighted by atomic mass is 10.3. The Hall–Kier alpha value is -1.33. The Labute approximate surface area is 105 Å². The van der Waals surface area contributed by atoms with E-state index >= 15 is 0 Å². The van der Waals surface area contributed by atoms with E-state index in [2.05, 4.69) is 5.32 Å². The summed E-state index contributed by atoms with van der Waals surface area (Å²) in [5, 5.41) is 13.8. The number of nitro benzene ring substituents is 1. The molecule has 5 nitrogen and oxygen atoms in total. The molecule has 0 bridgehead atoms. The summed E-state index contributed by atoms with van der Waals surface area (Å²) in [5.74, 6) is 0.533. The van der Waals surface area contributed by atoms with Crippen LogP contribution in [0.4, 0.5) is 5.69 Å². The minimum atomic E-state index is -0.521. The van der Waals surface area contributed by atoms with Gasteiger partial charge in [-0.25, -0.2) is 0 Å². The Balaban J connectivity index is 2.50. The van der Waals surface area contributed by atoms with Crippen LogP contribution in [-0.2, 0) is 0 Å². The summed E-state index contributed by atoms with van der Waals surface area (Å²) < 4.78 is 5.40. The van der Waals surface area contributed by atoms with Gasteiger partial charge in [-0.1, -0.05) is 25.4 Å². The number of rotatable bonds is 6. The van der Waals surface area contributed by atoms with Crippen molar-refractivity contribution >= 4 is 17.3 Å². The Bertz CT molecular complexity index is 396. The third-order valence-corrected chi connectivity index (χ3v) is 2.34. The first-order chi connectivity index (χ1) is 8.00. The van der Waals surface area contributed by atoms with Crippen molar-refractivity contribution in [3.8, 4) is 5.75 Å². The molecule has 0 saturated carbocycles. The van der Waals surface area contributed by atoms with E-state index in [1.807, 2.05) is 13.8 Å². The van der Waals surface area contributed by atoms with Crippen LogP contribution < -0.4 is 10.1 Å². The van der Waals surface area contributed by atoms with Crippen LogP contribution in [0, 0.1) is 10.1 Å². The molecule has 1 aromatic rings. The maximum absolute atomic E-state index is 10.5. The summed E-state index contributed by atoms with van der Waals surface area (Å²) in [6.45, 7) is 5.30. The highest BCUT2D eigenvalue weighted by Gasteiger charge is 2.12. The number of hydrogen-bond donors (Lipinski definition) is 1. The van der Waals surface area contributed by atoms with Crippen molar-refractivity contribution < 1.29 is 9.66 Å². The van der Waals surface area contributed by atoms with Crippen molar-refractivity contribution in [1.29, 1.82) is 0 Å². The highest BCUT2D eigenvalue weighted by molar-refractivity contribution is 6.32. The van der Waals surface area contributed by atoms with Crippen molar-refractivity contribution in [2.75, 3.05) is 13.2 Å². The molecule has 0 aliphatic heterocycles. The standard InChI is InChI=1S/C11H15ClN2O3/c1-8(2)13-5-6-17-9-3-4-11(14(15)16)10(12)7-9/h3-4,7-8,13H,5-6H2,1-2H3. The summed E-state index contributed by atoms with van der Waals surface area (Å²) in [6, 6.07) is 4.74. The Morgan fingerprint density at radius 2 is 2.24 bits per heavy atom. The first-order valence-electron chi connectivity index (χ1n) is 5.31. The molecule has 0 aliphatic carbocycles. The Morgan fingerprint density at radius 3 is 2.76 bits per heavy atom. The van der Waals surface area contributed by atoms with Gasteiger partial charge in [0.2, 0.25) is 0 Å². The zero-order valence-corrected chi connectivity index (χ0v) is 10.5. The molecule has 1 N–H and O–H groups in total. The normalized spacial score (nSPS) is 10.6. The number of nitrogens with zero attached hydrogens (tertiary/aromatic N) is 1. The zero-order valence-electron chi connectivity index (χ0n) is 9.77. The average molecular weight is 259 g/mol. The van der Waals surface area contributed by atoms with Crippen LogP contribution in [0.15, 0.2) is 18.2 Å². The van der Waals surface area contributed by atoms with Gasteiger partial charge in [-0.2, -0.15) is 0 Å². The molecule has 0 aromatic heterocycles. The lowest BCUT2D eigenvalue weighted by Crippen LogP contribution is -2.27. The highest BCUT2D eigenvalue weighted by Crippen LogP contribution is 2.28. The lowest BCUT2D eigenvalue weighted by Gasteiger charge is -2.09. The van der Waals surface area contributed by atoms with Gasteiger partial charge in [0.15, 0.2) is 0 Å². The van der Waals surface area contributed by atoms with E-state index in [9.17, 15) is 10.1 Å². The molecule has 17 heavy (non-hydrogen) atoms. The second kappa shape index (κ2) is 6.42. The van der Waals surface area contributed by atoms with Crippen LogP contribution in [0.3, 0.4) is 0 Å². The predicted molar refractivity (Wildman–Crippen MR) is 66.7 cm³/mol. The first-order valence-corrected chi connectivity index (χ1v) is 5.68. The van der Waals surface area contributed by atoms with Gasteiger partial charge >= 0.3 is 0 Å². The van der Waals surface area contributed by atoms with Crippen LogP contribution in [0.1, 0.15) is 13.8 Å². The molecule has 0 unspecified atom stereocenters. The van der Waals surface area contributed by atoms with Gasteiger partial charge in [0.05, 0.1) is 4.92 Å². The molecule has 0 fully saturated rings. The predicted octanol–water partition coefficient (Wildman–Crippen LogP) is 2.63. The monoisotopic (exact) mass is 258 g/mol. The van der Waals surface area contributed by atoms with E-state index in [0.29, 0.717) is 24.9 Å². The van der Waals surface area contributed by atoms with Crippen LogP contribution in [0.5, 0.6) is 5.75 Å². The van der Waals surface area contributed by atoms with Gasteiger partial charge in [0.1, 0.15) is 17.4 Å². The maximum atomic E-state index is 10.5. The molecule has 0 aliphatic rings. The number of halogens is 1. The minimum Gasteiger partial charge on any atom is -0.492 e. The second-order valence-electron chi connectivity index (χ2n) is 3.83. The van der Waals surface area contributed by atoms with E-state index in [1.165, 1.54) is 12.1 Å². The maximum Gasteiger partial charge on any atom is 0.288 e. The highest BCUT2D eigenvalue weighted by atomic mass is 35.5. The van der Waals surface area contributed by atoms with Gasteiger partial charge in [0, 0.05) is 24.7 Å². The molecular weight excluding hydrogens is 244 g/mol. The summed E-state index contributed by atoms with van der Waals surface area (Å²) in [5.41, 5.74) is -0.112. The van der Waals surface area contributed by atoms with Crippen molar-refractivity contribution in [3.63, 3.8) is 0 Å². The number of benzene rings is 1. The molecule has 0 radical (unpaired) electrons. The van der Waals surface area contributed by atoms with E-state index in [1.54, 1.807) is 6.07 Å². The molecule has 0 amide bonds. The van der Waals surface area contributed by atoms with Crippen LogP contribution in [-0.4, -0.2) is 24.1 Å². The van der Waals surface area contributed by atoms with Crippen LogP contribution in [0.25, 0.3) is 0 Å². The molecule has 0 heterocycles. The SMILES string of the molecule is CC(C)NCCOc1ccc([N+](=O)[O-])c(Cl)c1. The Morgan fingerprint density at radius 1 is 1.53 bits per heavy atom. The van der Waals surface area contributed by atoms with E-state index in [0.717, 1.165) is 0 Å². The fourth-order valence-corrected chi connectivity index (χ4v) is 1.48. The van der Waals surface area contributed by atoms with Crippen molar-refractivity contribution in [3.05, 3.63) is 33.3 Å². The fraction of sp³-hybridized carbons (Fsp3) is 0.455. The van der Waals surface area contributed by atoms with Crippen molar-refractivity contribution in [1.82, 2.24) is 5.32 Å². The van der Waals surface area contributed by atoms with Crippen molar-refractivity contribution in [2.45, 2.75) is 19.9 Å². The van der Waals surface area contributed by atoms with E-state index in [4.69, 9.17) is 16.3 Å². The molecule has 0 spiro atoms. The molecule has 0 atom stereocenters. The summed E-state index contributed by atoms with van der Waals surface area (Å²) in [4.78, 5) is 10.0. The third-order valence-electron chi connectivity index (χ3n) is 2.04. The zero-order chi connectivity index (χ0) is 12.8. The smallest absolute Gasteiger partial charge is 0.288 e. The fourth-order valence-electron chi connectivity index (χ4n) is 1.24. The Kier molecular flexibility index (Phi) is 5.18. The van der Waals surface area contributed by atoms with Gasteiger partial charge in [0.25, 0.3) is 5.69 Å². The second-order valence-corrected chi connectivity index (χ2v) is 4.23. The molecule has 0 saturated heterocycles. The number of ether oxygens (including phenoxy) is 1. The molecule has 1 rings (SSSR count). The number of hydrogen-bond acceptors (Lipinski definition) is 4. The van der Waals surface area contributed by atoms with Gasteiger partial charge in [-0.15, -0.1) is 0 Å². The molecular formula is C11H15ClN2O3. The topological polar surface area (TPSA) is 64.4 Å². The average Bonchev–Trinajstić information content (AvgIpc) is 2.23. The molecule has 94 valence electrons. The summed E-state index contributed by atoms with van der Waals surface area (Å²) in [7, 11) is 0. The van der Waals surface area contributed by atoms with Crippen LogP contribution >= 0.6 is 11.6 Å². The van der Waals surface area contributed by atoms with Gasteiger partial charge in [-0.05, 0) is 6.07 Å². The molecule has 6 heteroatoms. The van der Waals surface area contributed by atoms with E-state index < -0.39 is 4.92 Å². The number of nitrogens with one attached hydrogen (secondary N) is 1. The quantitative estimate of drug-likeness (QED) is 0.484. The third kappa shape index (κ3) is 4.58. The van der Waals surface area contributed by atoms with Gasteiger partial charge in [-0.3, -0.25) is 10.1 Å². The lowest BCUT2D eigenvalue weighted by molar-refractivity contribution is -0.384. The number of nitro groups is 1. The van der Waals surface area contributed by atoms with Crippen LogP contribution in [0.2, 0.25) is 5.02 Å². The van der Waals surface area contributed by atoms with E-state index in [-0.39, 0.29) is 10.7 Å². The summed E-state index contributed by atoms with van der Waals surface area (Å²) in [6.07, 6.45) is 0. The van der Waals surface area contributed by atoms with Crippen molar-refractivity contribution in [2.24, 2.45) is 0 Å². The summed E-state index contributed by atoms with van der Waals surface area (Å²) >= 11 is 5.75. The minimum absolute atomic E-state index is 0.0873. The largest absolute Gasteiger partial charge is 0.492 e.